The molecule has 0 aliphatic heterocycles. The molecule has 1 heterocycles. The summed E-state index contributed by atoms with van der Waals surface area (Å²) in [5.74, 6) is 0.511. The zero-order valence-corrected chi connectivity index (χ0v) is 13.4. The van der Waals surface area contributed by atoms with Crippen molar-refractivity contribution in [2.75, 3.05) is 19.2 Å². The van der Waals surface area contributed by atoms with Crippen LogP contribution in [0.4, 0.5) is 5.69 Å². The molecular weight excluding hydrogens is 304 g/mol. The first kappa shape index (κ1) is 16.0. The van der Waals surface area contributed by atoms with E-state index in [2.05, 4.69) is 16.5 Å². The molecule has 0 fully saturated rings. The van der Waals surface area contributed by atoms with Crippen LogP contribution < -0.4 is 10.2 Å². The number of nitrogens with one attached hydrogen (secondary N) is 1. The zero-order chi connectivity index (χ0) is 16.8. The lowest BCUT2D eigenvalue weighted by Crippen LogP contribution is -2.06. The van der Waals surface area contributed by atoms with Gasteiger partial charge in [0.05, 0.1) is 30.5 Å². The van der Waals surface area contributed by atoms with Gasteiger partial charge in [-0.1, -0.05) is 24.3 Å². The number of para-hydroxylation sites is 1. The molecule has 5 nitrogen and oxygen atoms in total. The molecule has 0 saturated carbocycles. The Hall–Kier alpha value is -2.92. The molecule has 0 aliphatic rings. The largest absolute Gasteiger partial charge is 0.496 e. The van der Waals surface area contributed by atoms with Crippen LogP contribution in [-0.2, 0) is 11.3 Å². The number of hydrogen-bond donors (Lipinski definition) is 1. The van der Waals surface area contributed by atoms with Gasteiger partial charge in [-0.05, 0) is 23.8 Å². The molecule has 0 atom stereocenters. The molecule has 3 aromatic rings. The number of methoxy groups -OCH3 is 1. The fourth-order valence-electron chi connectivity index (χ4n) is 2.54. The number of benzene rings is 2. The van der Waals surface area contributed by atoms with Crippen LogP contribution in [-0.4, -0.2) is 25.0 Å². The van der Waals surface area contributed by atoms with E-state index in [-0.39, 0.29) is 0 Å². The molecule has 24 heavy (non-hydrogen) atoms. The van der Waals surface area contributed by atoms with Gasteiger partial charge in [0.15, 0.2) is 6.29 Å². The summed E-state index contributed by atoms with van der Waals surface area (Å²) in [6.07, 6.45) is 3.30. The molecular formula is C19H18N2O3. The van der Waals surface area contributed by atoms with Crippen molar-refractivity contribution in [3.05, 3.63) is 65.9 Å². The summed E-state index contributed by atoms with van der Waals surface area (Å²) in [6.45, 7) is 0.493. The summed E-state index contributed by atoms with van der Waals surface area (Å²) in [7, 11) is 1.53. The Morgan fingerprint density at radius 3 is 2.88 bits per heavy atom. The Morgan fingerprint density at radius 2 is 2.04 bits per heavy atom. The molecule has 5 heteroatoms. The lowest BCUT2D eigenvalue weighted by molar-refractivity contribution is 0.112. The van der Waals surface area contributed by atoms with E-state index < -0.39 is 0 Å². The van der Waals surface area contributed by atoms with Gasteiger partial charge < -0.3 is 4.74 Å². The minimum Gasteiger partial charge on any atom is -0.496 e. The number of nitrogens with zero attached hydrogens (tertiary/aromatic N) is 1. The first-order chi connectivity index (χ1) is 11.8. The van der Waals surface area contributed by atoms with E-state index in [9.17, 15) is 4.79 Å². The van der Waals surface area contributed by atoms with Crippen molar-refractivity contribution in [3.63, 3.8) is 0 Å². The molecule has 2 aromatic carbocycles. The van der Waals surface area contributed by atoms with Crippen LogP contribution in [0.2, 0.25) is 0 Å². The van der Waals surface area contributed by atoms with Crippen LogP contribution in [0.15, 0.2) is 54.7 Å². The van der Waals surface area contributed by atoms with Gasteiger partial charge in [0.1, 0.15) is 5.75 Å². The van der Waals surface area contributed by atoms with Crippen LogP contribution in [0.25, 0.3) is 10.9 Å². The van der Waals surface area contributed by atoms with Crippen LogP contribution >= 0.6 is 0 Å². The zero-order valence-electron chi connectivity index (χ0n) is 13.4. The van der Waals surface area contributed by atoms with Crippen molar-refractivity contribution < 1.29 is 14.4 Å². The first-order valence-corrected chi connectivity index (χ1v) is 7.65. The summed E-state index contributed by atoms with van der Waals surface area (Å²) in [5.41, 5.74) is 6.25. The second-order valence-corrected chi connectivity index (χ2v) is 5.27. The smallest absolute Gasteiger partial charge is 0.153 e. The Kier molecular flexibility index (Phi) is 5.03. The molecule has 0 spiro atoms. The predicted molar refractivity (Wildman–Crippen MR) is 93.4 cm³/mol. The second-order valence-electron chi connectivity index (χ2n) is 5.27. The maximum atomic E-state index is 10.9. The average Bonchev–Trinajstić information content (AvgIpc) is 2.65. The normalized spacial score (nSPS) is 10.5. The Morgan fingerprint density at radius 1 is 1.17 bits per heavy atom. The van der Waals surface area contributed by atoms with E-state index in [0.717, 1.165) is 34.9 Å². The highest BCUT2D eigenvalue weighted by molar-refractivity contribution is 5.81. The molecule has 0 amide bonds. The number of aldehydes is 1. The van der Waals surface area contributed by atoms with E-state index in [0.29, 0.717) is 17.9 Å². The van der Waals surface area contributed by atoms with Crippen molar-refractivity contribution in [1.29, 1.82) is 0 Å². The van der Waals surface area contributed by atoms with Crippen molar-refractivity contribution in [2.24, 2.45) is 0 Å². The highest BCUT2D eigenvalue weighted by Gasteiger charge is 2.04. The maximum Gasteiger partial charge on any atom is 0.153 e. The number of anilines is 1. The van der Waals surface area contributed by atoms with Gasteiger partial charge in [-0.25, -0.2) is 0 Å². The number of carbonyl (C=O) groups is 1. The van der Waals surface area contributed by atoms with Crippen molar-refractivity contribution in [3.8, 4) is 5.75 Å². The molecule has 3 rings (SSSR count). The van der Waals surface area contributed by atoms with Crippen LogP contribution in [0.3, 0.4) is 0 Å². The molecule has 122 valence electrons. The second kappa shape index (κ2) is 7.57. The van der Waals surface area contributed by atoms with Gasteiger partial charge in [0.25, 0.3) is 0 Å². The van der Waals surface area contributed by atoms with Gasteiger partial charge in [-0.2, -0.15) is 0 Å². The van der Waals surface area contributed by atoms with E-state index in [1.807, 2.05) is 24.3 Å². The summed E-state index contributed by atoms with van der Waals surface area (Å²) >= 11 is 0. The number of pyridine rings is 1. The van der Waals surface area contributed by atoms with Gasteiger partial charge in [0, 0.05) is 24.1 Å². The number of carbonyl (C=O) groups excluding carboxylic acids is 1. The van der Waals surface area contributed by atoms with Crippen molar-refractivity contribution >= 4 is 22.9 Å². The van der Waals surface area contributed by atoms with Crippen molar-refractivity contribution in [2.45, 2.75) is 6.42 Å². The standard InChI is InChI=1S/C19H18N2O3/c1-23-18-12-17(8-7-16(18)13-22)21-24-11-9-15-5-2-4-14-6-3-10-20-19(14)15/h2-8,10,12-13,21H,9,11H2,1H3. The third kappa shape index (κ3) is 3.52. The number of fused-ring (bicyclic) bond motifs is 1. The summed E-state index contributed by atoms with van der Waals surface area (Å²) in [5, 5.41) is 1.12. The molecule has 1 aromatic heterocycles. The topological polar surface area (TPSA) is 60.4 Å². The Bertz CT molecular complexity index is 844. The van der Waals surface area contributed by atoms with Crippen LogP contribution in [0, 0.1) is 0 Å². The van der Waals surface area contributed by atoms with Crippen LogP contribution in [0.1, 0.15) is 15.9 Å². The fourth-order valence-corrected chi connectivity index (χ4v) is 2.54. The fraction of sp³-hybridized carbons (Fsp3) is 0.158. The third-order valence-corrected chi connectivity index (χ3v) is 3.74. The highest BCUT2D eigenvalue weighted by atomic mass is 16.6. The Labute approximate surface area is 140 Å². The Balaban J connectivity index is 1.60. The van der Waals surface area contributed by atoms with E-state index in [1.165, 1.54) is 7.11 Å². The molecule has 0 unspecified atom stereocenters. The maximum absolute atomic E-state index is 10.9. The van der Waals surface area contributed by atoms with E-state index >= 15 is 0 Å². The monoisotopic (exact) mass is 322 g/mol. The van der Waals surface area contributed by atoms with Crippen LogP contribution in [0.5, 0.6) is 5.75 Å². The molecule has 0 bridgehead atoms. The minimum atomic E-state index is 0.493. The predicted octanol–water partition coefficient (Wildman–Crippen LogP) is 3.64. The lowest BCUT2D eigenvalue weighted by atomic mass is 10.1. The highest BCUT2D eigenvalue weighted by Crippen LogP contribution is 2.22. The van der Waals surface area contributed by atoms with Gasteiger partial charge in [-0.3, -0.25) is 20.1 Å². The molecule has 0 radical (unpaired) electrons. The summed E-state index contributed by atoms with van der Waals surface area (Å²) < 4.78 is 5.17. The molecule has 1 N–H and O–H groups in total. The lowest BCUT2D eigenvalue weighted by Gasteiger charge is -2.10. The number of aromatic nitrogens is 1. The first-order valence-electron chi connectivity index (χ1n) is 7.65. The van der Waals surface area contributed by atoms with Crippen molar-refractivity contribution in [1.82, 2.24) is 4.98 Å². The number of hydrogen-bond acceptors (Lipinski definition) is 5. The third-order valence-electron chi connectivity index (χ3n) is 3.74. The molecule has 0 saturated heterocycles. The quantitative estimate of drug-likeness (QED) is 0.409. The van der Waals surface area contributed by atoms with Gasteiger partial charge >= 0.3 is 0 Å². The molecule has 0 aliphatic carbocycles. The number of ether oxygens (including phenoxy) is 1. The SMILES string of the molecule is COc1cc(NOCCc2cccc3cccnc23)ccc1C=O. The van der Waals surface area contributed by atoms with E-state index in [1.54, 1.807) is 24.4 Å². The summed E-state index contributed by atoms with van der Waals surface area (Å²) in [6, 6.07) is 15.3. The summed E-state index contributed by atoms with van der Waals surface area (Å²) in [4.78, 5) is 20.8. The van der Waals surface area contributed by atoms with Gasteiger partial charge in [0.2, 0.25) is 0 Å². The number of rotatable bonds is 7. The minimum absolute atomic E-state index is 0.493. The van der Waals surface area contributed by atoms with Gasteiger partial charge in [-0.15, -0.1) is 0 Å². The average molecular weight is 322 g/mol. The van der Waals surface area contributed by atoms with E-state index in [4.69, 9.17) is 9.57 Å².